The highest BCUT2D eigenvalue weighted by Gasteiger charge is 2.27. The molecule has 0 aliphatic rings. The molecule has 0 aliphatic carbocycles. The molecule has 96 valence electrons. The Kier molecular flexibility index (Phi) is 3.13. The zero-order valence-corrected chi connectivity index (χ0v) is 9.28. The lowest BCUT2D eigenvalue weighted by molar-refractivity contribution is -0.156. The van der Waals surface area contributed by atoms with Crippen LogP contribution in [0, 0.1) is 0 Å². The first-order valence-electron chi connectivity index (χ1n) is 4.95. The van der Waals surface area contributed by atoms with Gasteiger partial charge in [0, 0.05) is 11.8 Å². The van der Waals surface area contributed by atoms with Crippen molar-refractivity contribution in [2.45, 2.75) is 12.2 Å². The fraction of sp³-hybridized carbons (Fsp3) is 0.300. The molecule has 2 heterocycles. The number of hydrogen-bond acceptors (Lipinski definition) is 7. The third-order valence-corrected chi connectivity index (χ3v) is 2.38. The molecule has 0 amide bonds. The lowest BCUT2D eigenvalue weighted by Gasteiger charge is -2.15. The molecule has 2 rings (SSSR count). The van der Waals surface area contributed by atoms with Crippen molar-refractivity contribution in [3.63, 3.8) is 0 Å². The van der Waals surface area contributed by atoms with E-state index in [2.05, 4.69) is 14.7 Å². The maximum Gasteiger partial charge on any atom is 0.418 e. The van der Waals surface area contributed by atoms with Gasteiger partial charge in [-0.2, -0.15) is 0 Å². The van der Waals surface area contributed by atoms with Gasteiger partial charge in [-0.05, 0) is 6.07 Å². The molecule has 0 aromatic carbocycles. The lowest BCUT2D eigenvalue weighted by atomic mass is 10.1. The van der Waals surface area contributed by atoms with Crippen molar-refractivity contribution < 1.29 is 24.2 Å². The number of ether oxygens (including phenoxy) is 1. The number of methoxy groups -OCH3 is 1. The molecule has 0 bridgehead atoms. The Morgan fingerprint density at radius 3 is 2.94 bits per heavy atom. The number of aliphatic hydroxyl groups excluding tert-OH is 2. The summed E-state index contributed by atoms with van der Waals surface area (Å²) in [6.45, 7) is 0. The number of carbonyl (C=O) groups is 1. The quantitative estimate of drug-likeness (QED) is 0.605. The predicted molar refractivity (Wildman–Crippen MR) is 57.6 cm³/mol. The van der Waals surface area contributed by atoms with Gasteiger partial charge in [0.15, 0.2) is 17.3 Å². The summed E-state index contributed by atoms with van der Waals surface area (Å²) in [4.78, 5) is 28.1. The number of aromatic nitrogens is 2. The molecule has 8 nitrogen and oxygen atoms in total. The standard InChI is InChI=1S/C10H10N2O6/c1-17-9(15)7(14)6(13)4-2-5-8(11-3-4)12-10(16)18-5/h2-3,6-7,13-14H,1H3,(H,11,12,16). The van der Waals surface area contributed by atoms with Gasteiger partial charge in [0.2, 0.25) is 0 Å². The first kappa shape index (κ1) is 12.3. The van der Waals surface area contributed by atoms with Crippen LogP contribution in [0.1, 0.15) is 11.7 Å². The number of aliphatic hydroxyl groups is 2. The first-order valence-corrected chi connectivity index (χ1v) is 4.95. The van der Waals surface area contributed by atoms with Crippen LogP contribution in [0.2, 0.25) is 0 Å². The average molecular weight is 254 g/mol. The molecule has 0 saturated heterocycles. The maximum absolute atomic E-state index is 11.1. The number of rotatable bonds is 3. The van der Waals surface area contributed by atoms with Crippen LogP contribution in [0.5, 0.6) is 0 Å². The van der Waals surface area contributed by atoms with Crippen molar-refractivity contribution in [2.75, 3.05) is 7.11 Å². The molecule has 3 N–H and O–H groups in total. The van der Waals surface area contributed by atoms with Gasteiger partial charge < -0.3 is 19.4 Å². The third-order valence-electron chi connectivity index (χ3n) is 2.38. The molecule has 0 saturated carbocycles. The summed E-state index contributed by atoms with van der Waals surface area (Å²) in [5, 5.41) is 19.2. The van der Waals surface area contributed by atoms with Crippen molar-refractivity contribution in [1.82, 2.24) is 9.97 Å². The minimum Gasteiger partial charge on any atom is -0.467 e. The second-order valence-corrected chi connectivity index (χ2v) is 3.54. The minimum atomic E-state index is -1.74. The molecule has 2 unspecified atom stereocenters. The summed E-state index contributed by atoms with van der Waals surface area (Å²) in [6.07, 6.45) is -2.04. The largest absolute Gasteiger partial charge is 0.467 e. The Bertz CT molecular complexity index is 631. The molecule has 2 aromatic heterocycles. The smallest absolute Gasteiger partial charge is 0.418 e. The van der Waals surface area contributed by atoms with Crippen LogP contribution in [0.15, 0.2) is 21.5 Å². The Morgan fingerprint density at radius 1 is 1.56 bits per heavy atom. The number of oxazole rings is 1. The fourth-order valence-electron chi connectivity index (χ4n) is 1.45. The van der Waals surface area contributed by atoms with Crippen molar-refractivity contribution in [3.05, 3.63) is 28.4 Å². The molecule has 2 aromatic rings. The molecular formula is C10H10N2O6. The Labute approximate surface area is 99.8 Å². The van der Waals surface area contributed by atoms with Gasteiger partial charge in [0.05, 0.1) is 7.11 Å². The normalized spacial score (nSPS) is 14.4. The second kappa shape index (κ2) is 4.59. The molecule has 8 heteroatoms. The molecule has 0 spiro atoms. The highest BCUT2D eigenvalue weighted by Crippen LogP contribution is 2.20. The van der Waals surface area contributed by atoms with Crippen molar-refractivity contribution >= 4 is 17.2 Å². The van der Waals surface area contributed by atoms with Crippen molar-refractivity contribution in [3.8, 4) is 0 Å². The van der Waals surface area contributed by atoms with E-state index < -0.39 is 23.9 Å². The summed E-state index contributed by atoms with van der Waals surface area (Å²) in [5.74, 6) is -1.66. The van der Waals surface area contributed by atoms with Gasteiger partial charge in [0.1, 0.15) is 6.10 Å². The van der Waals surface area contributed by atoms with Crippen LogP contribution < -0.4 is 5.76 Å². The van der Waals surface area contributed by atoms with E-state index in [1.54, 1.807) is 0 Å². The monoisotopic (exact) mass is 254 g/mol. The molecule has 0 radical (unpaired) electrons. The van der Waals surface area contributed by atoms with E-state index in [0.717, 1.165) is 7.11 Å². The minimum absolute atomic E-state index is 0.119. The maximum atomic E-state index is 11.1. The van der Waals surface area contributed by atoms with E-state index in [4.69, 9.17) is 4.42 Å². The summed E-state index contributed by atoms with van der Waals surface area (Å²) >= 11 is 0. The van der Waals surface area contributed by atoms with Crippen LogP contribution in [0.25, 0.3) is 11.2 Å². The topological polar surface area (TPSA) is 126 Å². The van der Waals surface area contributed by atoms with Gasteiger partial charge in [-0.3, -0.25) is 4.98 Å². The molecule has 0 aliphatic heterocycles. The third kappa shape index (κ3) is 2.11. The number of nitrogens with one attached hydrogen (secondary N) is 1. The molecular weight excluding hydrogens is 244 g/mol. The van der Waals surface area contributed by atoms with Gasteiger partial charge >= 0.3 is 11.7 Å². The summed E-state index contributed by atoms with van der Waals surface area (Å²) in [5.41, 5.74) is 0.459. The zero-order chi connectivity index (χ0) is 13.3. The highest BCUT2D eigenvalue weighted by atomic mass is 16.5. The second-order valence-electron chi connectivity index (χ2n) is 3.54. The van der Waals surface area contributed by atoms with Gasteiger partial charge in [-0.1, -0.05) is 0 Å². The number of aromatic amines is 1. The first-order chi connectivity index (χ1) is 8.52. The van der Waals surface area contributed by atoms with Gasteiger partial charge in [0.25, 0.3) is 0 Å². The number of pyridine rings is 1. The number of fused-ring (bicyclic) bond motifs is 1. The molecule has 18 heavy (non-hydrogen) atoms. The highest BCUT2D eigenvalue weighted by molar-refractivity contribution is 5.75. The van der Waals surface area contributed by atoms with Crippen LogP contribution in [-0.4, -0.2) is 39.4 Å². The van der Waals surface area contributed by atoms with E-state index in [1.165, 1.54) is 12.3 Å². The predicted octanol–water partition coefficient (Wildman–Crippen LogP) is -0.917. The van der Waals surface area contributed by atoms with Crippen LogP contribution in [0.4, 0.5) is 0 Å². The van der Waals surface area contributed by atoms with Gasteiger partial charge in [-0.25, -0.2) is 14.6 Å². The summed E-state index contributed by atoms with van der Waals surface area (Å²) in [7, 11) is 1.09. The fourth-order valence-corrected chi connectivity index (χ4v) is 1.45. The van der Waals surface area contributed by atoms with E-state index in [0.29, 0.717) is 0 Å². The lowest BCUT2D eigenvalue weighted by Crippen LogP contribution is -2.29. The molecule has 0 fully saturated rings. The Morgan fingerprint density at radius 2 is 2.28 bits per heavy atom. The van der Waals surface area contributed by atoms with Crippen molar-refractivity contribution in [1.29, 1.82) is 0 Å². The van der Waals surface area contributed by atoms with Crippen LogP contribution >= 0.6 is 0 Å². The Hall–Kier alpha value is -2.19. The molecule has 2 atom stereocenters. The number of nitrogens with zero attached hydrogens (tertiary/aromatic N) is 1. The van der Waals surface area contributed by atoms with Crippen LogP contribution in [-0.2, 0) is 9.53 Å². The van der Waals surface area contributed by atoms with Crippen molar-refractivity contribution in [2.24, 2.45) is 0 Å². The van der Waals surface area contributed by atoms with E-state index in [1.807, 2.05) is 0 Å². The van der Waals surface area contributed by atoms with Gasteiger partial charge in [-0.15, -0.1) is 0 Å². The zero-order valence-electron chi connectivity index (χ0n) is 9.28. The van der Waals surface area contributed by atoms with E-state index >= 15 is 0 Å². The summed E-state index contributed by atoms with van der Waals surface area (Å²) < 4.78 is 9.04. The van der Waals surface area contributed by atoms with Crippen LogP contribution in [0.3, 0.4) is 0 Å². The van der Waals surface area contributed by atoms with E-state index in [-0.39, 0.29) is 16.8 Å². The van der Waals surface area contributed by atoms with E-state index in [9.17, 15) is 19.8 Å². The SMILES string of the molecule is COC(=O)C(O)C(O)c1cnc2[nH]c(=O)oc2c1. The number of H-pyrrole nitrogens is 1. The number of carbonyl (C=O) groups excluding carboxylic acids is 1. The summed E-state index contributed by atoms with van der Waals surface area (Å²) in [6, 6.07) is 1.30. The average Bonchev–Trinajstić information content (AvgIpc) is 2.74. The Balaban J connectivity index is 2.35. The number of esters is 1. The number of hydrogen-bond donors (Lipinski definition) is 3.